The van der Waals surface area contributed by atoms with Crippen molar-refractivity contribution in [3.8, 4) is 0 Å². The topological polar surface area (TPSA) is 93.1 Å². The molecular formula is C16H21N5O3. The van der Waals surface area contributed by atoms with Crippen molar-refractivity contribution in [1.82, 2.24) is 24.6 Å². The van der Waals surface area contributed by atoms with Crippen LogP contribution in [0.1, 0.15) is 47.7 Å². The first-order chi connectivity index (χ1) is 11.5. The van der Waals surface area contributed by atoms with Crippen LogP contribution in [0.2, 0.25) is 0 Å². The third kappa shape index (κ3) is 3.23. The van der Waals surface area contributed by atoms with Crippen molar-refractivity contribution >= 4 is 5.91 Å². The maximum Gasteiger partial charge on any atom is 0.254 e. The molecule has 8 heteroatoms. The van der Waals surface area contributed by atoms with Crippen LogP contribution in [0.3, 0.4) is 0 Å². The average Bonchev–Trinajstić information content (AvgIpc) is 2.99. The van der Waals surface area contributed by atoms with E-state index in [4.69, 9.17) is 4.74 Å². The van der Waals surface area contributed by atoms with Crippen molar-refractivity contribution in [1.29, 1.82) is 0 Å². The Labute approximate surface area is 139 Å². The number of amides is 1. The highest BCUT2D eigenvalue weighted by atomic mass is 16.5. The molecule has 0 radical (unpaired) electrons. The van der Waals surface area contributed by atoms with Crippen molar-refractivity contribution in [2.45, 2.75) is 25.9 Å². The molecule has 1 amide bonds. The summed E-state index contributed by atoms with van der Waals surface area (Å²) in [5.41, 5.74) is 0.896. The summed E-state index contributed by atoms with van der Waals surface area (Å²) in [6, 6.07) is 3.10. The molecule has 8 nitrogen and oxygen atoms in total. The molecule has 1 saturated heterocycles. The number of nitrogens with zero attached hydrogens (tertiary/aromatic N) is 4. The first-order valence-corrected chi connectivity index (χ1v) is 7.94. The molecule has 3 heterocycles. The van der Waals surface area contributed by atoms with Crippen LogP contribution >= 0.6 is 0 Å². The molecule has 1 aliphatic rings. The number of hydrogen-bond donors (Lipinski definition) is 1. The Balaban J connectivity index is 1.82. The summed E-state index contributed by atoms with van der Waals surface area (Å²) < 4.78 is 7.50. The number of hydrogen-bond acceptors (Lipinski definition) is 5. The molecule has 0 unspecified atom stereocenters. The third-order valence-electron chi connectivity index (χ3n) is 4.12. The fraction of sp³-hybridized carbons (Fsp3) is 0.500. The number of aromatic nitrogens is 4. The van der Waals surface area contributed by atoms with Gasteiger partial charge in [-0.1, -0.05) is 13.8 Å². The number of rotatable bonds is 3. The highest BCUT2D eigenvalue weighted by molar-refractivity contribution is 5.94. The predicted molar refractivity (Wildman–Crippen MR) is 86.8 cm³/mol. The van der Waals surface area contributed by atoms with E-state index in [1.54, 1.807) is 21.9 Å². The molecule has 3 rings (SSSR count). The summed E-state index contributed by atoms with van der Waals surface area (Å²) in [5.74, 6) is 0.654. The van der Waals surface area contributed by atoms with Gasteiger partial charge in [0.2, 0.25) is 5.56 Å². The Morgan fingerprint density at radius 1 is 1.42 bits per heavy atom. The normalized spacial score (nSPS) is 18.2. The molecule has 24 heavy (non-hydrogen) atoms. The molecule has 2 aromatic heterocycles. The number of H-pyrrole nitrogens is 1. The van der Waals surface area contributed by atoms with Gasteiger partial charge in [-0.05, 0) is 12.0 Å². The Hall–Kier alpha value is -2.48. The van der Waals surface area contributed by atoms with Crippen LogP contribution in [0, 0.1) is 0 Å². The number of nitrogens with one attached hydrogen (secondary N) is 1. The standard InChI is InChI=1S/C16H21N5O3/c1-10(2)12-6-11(7-14(22)18-12)16(23)21-4-5-24-13(8-21)15-19-17-9-20(15)3/h6-7,9-10,13H,4-5,8H2,1-3H3,(H,18,22)/t13-/m1/s1. The van der Waals surface area contributed by atoms with E-state index in [2.05, 4.69) is 15.2 Å². The zero-order valence-corrected chi connectivity index (χ0v) is 14.0. The van der Waals surface area contributed by atoms with Crippen LogP contribution in [0.15, 0.2) is 23.3 Å². The number of morpholine rings is 1. The van der Waals surface area contributed by atoms with Crippen molar-refractivity contribution in [3.63, 3.8) is 0 Å². The number of carbonyl (C=O) groups excluding carboxylic acids is 1. The number of carbonyl (C=O) groups is 1. The highest BCUT2D eigenvalue weighted by Gasteiger charge is 2.29. The molecule has 128 valence electrons. The zero-order chi connectivity index (χ0) is 17.3. The van der Waals surface area contributed by atoms with Gasteiger partial charge in [0.15, 0.2) is 5.82 Å². The maximum atomic E-state index is 12.8. The number of pyridine rings is 1. The van der Waals surface area contributed by atoms with Gasteiger partial charge in [0.1, 0.15) is 12.4 Å². The van der Waals surface area contributed by atoms with E-state index < -0.39 is 0 Å². The Kier molecular flexibility index (Phi) is 4.48. The molecule has 0 aliphatic carbocycles. The van der Waals surface area contributed by atoms with Gasteiger partial charge in [0, 0.05) is 30.9 Å². The molecule has 0 saturated carbocycles. The third-order valence-corrected chi connectivity index (χ3v) is 4.12. The Morgan fingerprint density at radius 2 is 2.21 bits per heavy atom. The van der Waals surface area contributed by atoms with Gasteiger partial charge in [0.05, 0.1) is 13.2 Å². The van der Waals surface area contributed by atoms with Crippen molar-refractivity contribution in [3.05, 3.63) is 45.9 Å². The molecule has 1 atom stereocenters. The minimum atomic E-state index is -0.318. The fourth-order valence-electron chi connectivity index (χ4n) is 2.76. The fourth-order valence-corrected chi connectivity index (χ4v) is 2.76. The zero-order valence-electron chi connectivity index (χ0n) is 14.0. The van der Waals surface area contributed by atoms with E-state index in [0.717, 1.165) is 5.69 Å². The molecule has 2 aromatic rings. The second-order valence-electron chi connectivity index (χ2n) is 6.25. The number of aromatic amines is 1. The van der Waals surface area contributed by atoms with Gasteiger partial charge in [-0.25, -0.2) is 0 Å². The lowest BCUT2D eigenvalue weighted by atomic mass is 10.1. The van der Waals surface area contributed by atoms with E-state index in [-0.39, 0.29) is 23.5 Å². The average molecular weight is 331 g/mol. The molecule has 1 fully saturated rings. The van der Waals surface area contributed by atoms with Crippen molar-refractivity contribution in [2.24, 2.45) is 7.05 Å². The van der Waals surface area contributed by atoms with Crippen LogP contribution in [0.25, 0.3) is 0 Å². The minimum absolute atomic E-state index is 0.140. The van der Waals surface area contributed by atoms with E-state index >= 15 is 0 Å². The van der Waals surface area contributed by atoms with Gasteiger partial charge >= 0.3 is 0 Å². The highest BCUT2D eigenvalue weighted by Crippen LogP contribution is 2.21. The molecule has 0 aromatic carbocycles. The molecular weight excluding hydrogens is 310 g/mol. The van der Waals surface area contributed by atoms with E-state index in [1.807, 2.05) is 20.9 Å². The smallest absolute Gasteiger partial charge is 0.254 e. The second kappa shape index (κ2) is 6.56. The van der Waals surface area contributed by atoms with Crippen LogP contribution in [0.5, 0.6) is 0 Å². The Bertz CT molecular complexity index is 795. The lowest BCUT2D eigenvalue weighted by molar-refractivity contribution is -0.0281. The monoisotopic (exact) mass is 331 g/mol. The minimum Gasteiger partial charge on any atom is -0.366 e. The lowest BCUT2D eigenvalue weighted by Gasteiger charge is -2.32. The van der Waals surface area contributed by atoms with Gasteiger partial charge in [-0.3, -0.25) is 9.59 Å². The molecule has 1 aliphatic heterocycles. The van der Waals surface area contributed by atoms with Crippen LogP contribution in [-0.4, -0.2) is 50.3 Å². The largest absolute Gasteiger partial charge is 0.366 e. The van der Waals surface area contributed by atoms with Gasteiger partial charge in [-0.15, -0.1) is 10.2 Å². The first-order valence-electron chi connectivity index (χ1n) is 7.94. The van der Waals surface area contributed by atoms with Crippen LogP contribution < -0.4 is 5.56 Å². The predicted octanol–water partition coefficient (Wildman–Crippen LogP) is 0.841. The first kappa shape index (κ1) is 16.4. The molecule has 0 spiro atoms. The quantitative estimate of drug-likeness (QED) is 0.899. The molecule has 0 bridgehead atoms. The van der Waals surface area contributed by atoms with Crippen molar-refractivity contribution in [2.75, 3.05) is 19.7 Å². The van der Waals surface area contributed by atoms with Crippen LogP contribution in [0.4, 0.5) is 0 Å². The maximum absolute atomic E-state index is 12.8. The Morgan fingerprint density at radius 3 is 2.88 bits per heavy atom. The van der Waals surface area contributed by atoms with Crippen LogP contribution in [-0.2, 0) is 11.8 Å². The number of ether oxygens (including phenoxy) is 1. The van der Waals surface area contributed by atoms with E-state index in [0.29, 0.717) is 31.1 Å². The summed E-state index contributed by atoms with van der Waals surface area (Å²) in [6.07, 6.45) is 1.28. The number of aryl methyl sites for hydroxylation is 1. The van der Waals surface area contributed by atoms with Gasteiger partial charge in [-0.2, -0.15) is 0 Å². The summed E-state index contributed by atoms with van der Waals surface area (Å²) in [7, 11) is 1.84. The summed E-state index contributed by atoms with van der Waals surface area (Å²) in [4.78, 5) is 29.1. The molecule has 1 N–H and O–H groups in total. The summed E-state index contributed by atoms with van der Waals surface area (Å²) in [5, 5.41) is 7.90. The lowest BCUT2D eigenvalue weighted by Crippen LogP contribution is -2.43. The van der Waals surface area contributed by atoms with Crippen molar-refractivity contribution < 1.29 is 9.53 Å². The van der Waals surface area contributed by atoms with E-state index in [1.165, 1.54) is 6.07 Å². The summed E-state index contributed by atoms with van der Waals surface area (Å²) in [6.45, 7) is 5.23. The SMILES string of the molecule is CC(C)c1cc(C(=O)N2CCO[C@@H](c3nncn3C)C2)cc(=O)[nH]1. The van der Waals surface area contributed by atoms with E-state index in [9.17, 15) is 9.59 Å². The van der Waals surface area contributed by atoms with Gasteiger partial charge in [0.25, 0.3) is 5.91 Å². The van der Waals surface area contributed by atoms with Gasteiger partial charge < -0.3 is 19.2 Å². The summed E-state index contributed by atoms with van der Waals surface area (Å²) >= 11 is 0. The second-order valence-corrected chi connectivity index (χ2v) is 6.25.